The van der Waals surface area contributed by atoms with E-state index in [0.29, 0.717) is 19.6 Å². The predicted octanol–water partition coefficient (Wildman–Crippen LogP) is 2.40. The van der Waals surface area contributed by atoms with Crippen molar-refractivity contribution in [3.63, 3.8) is 0 Å². The van der Waals surface area contributed by atoms with Crippen molar-refractivity contribution in [3.05, 3.63) is 34.9 Å². The van der Waals surface area contributed by atoms with Crippen molar-refractivity contribution in [3.8, 4) is 0 Å². The van der Waals surface area contributed by atoms with Gasteiger partial charge in [-0.05, 0) is 37.5 Å². The lowest BCUT2D eigenvalue weighted by molar-refractivity contribution is 0.0241. The summed E-state index contributed by atoms with van der Waals surface area (Å²) in [4.78, 5) is 13.7. The molecule has 0 unspecified atom stereocenters. The van der Waals surface area contributed by atoms with Gasteiger partial charge in [-0.1, -0.05) is 18.2 Å². The maximum Gasteiger partial charge on any atom is 0.410 e. The fourth-order valence-corrected chi connectivity index (χ4v) is 2.14. The third kappa shape index (κ3) is 2.64. The number of nitrogens with two attached hydrogens (primary N) is 1. The first-order valence-corrected chi connectivity index (χ1v) is 6.18. The number of amides is 1. The van der Waals surface area contributed by atoms with E-state index in [2.05, 4.69) is 0 Å². The van der Waals surface area contributed by atoms with Gasteiger partial charge >= 0.3 is 6.09 Å². The second-order valence-electron chi connectivity index (χ2n) is 5.60. The van der Waals surface area contributed by atoms with Crippen molar-refractivity contribution in [2.24, 2.45) is 5.73 Å². The average Bonchev–Trinajstić information content (AvgIpc) is 2.70. The molecule has 1 aromatic rings. The molecule has 2 rings (SSSR count). The molecule has 0 aromatic heterocycles. The maximum atomic E-state index is 12.0. The van der Waals surface area contributed by atoms with E-state index < -0.39 is 5.60 Å². The second-order valence-corrected chi connectivity index (χ2v) is 5.60. The van der Waals surface area contributed by atoms with Crippen LogP contribution in [0, 0.1) is 0 Å². The van der Waals surface area contributed by atoms with Crippen molar-refractivity contribution in [1.82, 2.24) is 4.90 Å². The van der Waals surface area contributed by atoms with Crippen LogP contribution in [0.15, 0.2) is 18.2 Å². The quantitative estimate of drug-likeness (QED) is 0.830. The lowest BCUT2D eigenvalue weighted by Crippen LogP contribution is -2.33. The first-order chi connectivity index (χ1) is 8.40. The fourth-order valence-electron chi connectivity index (χ4n) is 2.14. The lowest BCUT2D eigenvalue weighted by Gasteiger charge is -2.24. The molecule has 0 saturated carbocycles. The number of carbonyl (C=O) groups is 1. The third-order valence-corrected chi connectivity index (χ3v) is 2.95. The van der Waals surface area contributed by atoms with Crippen molar-refractivity contribution >= 4 is 6.09 Å². The zero-order valence-electron chi connectivity index (χ0n) is 11.2. The van der Waals surface area contributed by atoms with E-state index >= 15 is 0 Å². The van der Waals surface area contributed by atoms with E-state index in [0.717, 1.165) is 5.56 Å². The first-order valence-electron chi connectivity index (χ1n) is 6.18. The van der Waals surface area contributed by atoms with Gasteiger partial charge in [0.15, 0.2) is 0 Å². The van der Waals surface area contributed by atoms with E-state index in [9.17, 15) is 4.79 Å². The molecule has 0 radical (unpaired) electrons. The molecule has 1 aliphatic heterocycles. The predicted molar refractivity (Wildman–Crippen MR) is 69.8 cm³/mol. The number of hydrogen-bond acceptors (Lipinski definition) is 3. The maximum absolute atomic E-state index is 12.0. The van der Waals surface area contributed by atoms with Gasteiger partial charge in [0.25, 0.3) is 0 Å². The van der Waals surface area contributed by atoms with Crippen LogP contribution in [0.5, 0.6) is 0 Å². The number of rotatable bonds is 1. The van der Waals surface area contributed by atoms with Crippen molar-refractivity contribution in [2.75, 3.05) is 0 Å². The third-order valence-electron chi connectivity index (χ3n) is 2.95. The molecule has 98 valence electrons. The highest BCUT2D eigenvalue weighted by molar-refractivity contribution is 5.69. The van der Waals surface area contributed by atoms with E-state index in [1.165, 1.54) is 11.1 Å². The van der Waals surface area contributed by atoms with Gasteiger partial charge in [-0.15, -0.1) is 0 Å². The summed E-state index contributed by atoms with van der Waals surface area (Å²) >= 11 is 0. The summed E-state index contributed by atoms with van der Waals surface area (Å²) in [5, 5.41) is 0. The highest BCUT2D eigenvalue weighted by Gasteiger charge is 2.28. The number of fused-ring (bicyclic) bond motifs is 1. The molecule has 0 saturated heterocycles. The van der Waals surface area contributed by atoms with Crippen molar-refractivity contribution in [1.29, 1.82) is 0 Å². The second kappa shape index (κ2) is 4.61. The van der Waals surface area contributed by atoms with Crippen LogP contribution in [0.3, 0.4) is 0 Å². The van der Waals surface area contributed by atoms with Gasteiger partial charge in [-0.25, -0.2) is 4.79 Å². The zero-order chi connectivity index (χ0) is 13.3. The standard InChI is InChI=1S/C14H20N2O2/c1-14(2,3)18-13(17)16-8-11-6-4-5-10(7-15)12(11)9-16/h4-6H,7-9,15H2,1-3H3. The Labute approximate surface area is 108 Å². The number of benzene rings is 1. The molecule has 0 fully saturated rings. The van der Waals surface area contributed by atoms with Gasteiger partial charge < -0.3 is 10.5 Å². The monoisotopic (exact) mass is 248 g/mol. The summed E-state index contributed by atoms with van der Waals surface area (Å²) in [6.07, 6.45) is -0.262. The van der Waals surface area contributed by atoms with Crippen LogP contribution in [0.4, 0.5) is 4.79 Å². The molecule has 1 amide bonds. The highest BCUT2D eigenvalue weighted by atomic mass is 16.6. The molecule has 4 nitrogen and oxygen atoms in total. The van der Waals surface area contributed by atoms with Crippen LogP contribution in [0.25, 0.3) is 0 Å². The van der Waals surface area contributed by atoms with E-state index in [-0.39, 0.29) is 6.09 Å². The molecular formula is C14H20N2O2. The average molecular weight is 248 g/mol. The molecule has 4 heteroatoms. The Kier molecular flexibility index (Phi) is 3.30. The fraction of sp³-hybridized carbons (Fsp3) is 0.500. The van der Waals surface area contributed by atoms with Crippen LogP contribution < -0.4 is 5.73 Å². The molecule has 1 heterocycles. The highest BCUT2D eigenvalue weighted by Crippen LogP contribution is 2.27. The summed E-state index contributed by atoms with van der Waals surface area (Å²) in [6.45, 7) is 7.33. The van der Waals surface area contributed by atoms with Gasteiger partial charge in [0.2, 0.25) is 0 Å². The molecular weight excluding hydrogens is 228 g/mol. The minimum atomic E-state index is -0.456. The summed E-state index contributed by atoms with van der Waals surface area (Å²) in [6, 6.07) is 6.04. The van der Waals surface area contributed by atoms with Crippen LogP contribution in [0.1, 0.15) is 37.5 Å². The van der Waals surface area contributed by atoms with Crippen LogP contribution >= 0.6 is 0 Å². The van der Waals surface area contributed by atoms with Gasteiger partial charge in [0, 0.05) is 13.1 Å². The van der Waals surface area contributed by atoms with E-state index in [1.54, 1.807) is 4.90 Å². The van der Waals surface area contributed by atoms with Crippen molar-refractivity contribution in [2.45, 2.75) is 46.0 Å². The number of hydrogen-bond donors (Lipinski definition) is 1. The summed E-state index contributed by atoms with van der Waals surface area (Å²) in [7, 11) is 0. The summed E-state index contributed by atoms with van der Waals surface area (Å²) in [5.74, 6) is 0. The molecule has 18 heavy (non-hydrogen) atoms. The van der Waals surface area contributed by atoms with Gasteiger partial charge in [0.1, 0.15) is 5.60 Å². The summed E-state index contributed by atoms with van der Waals surface area (Å²) in [5.41, 5.74) is 8.71. The molecule has 0 aliphatic carbocycles. The molecule has 1 aliphatic rings. The van der Waals surface area contributed by atoms with Crippen LogP contribution in [0.2, 0.25) is 0 Å². The number of ether oxygens (including phenoxy) is 1. The van der Waals surface area contributed by atoms with Gasteiger partial charge in [-0.3, -0.25) is 4.90 Å². The Morgan fingerprint density at radius 1 is 1.39 bits per heavy atom. The van der Waals surface area contributed by atoms with Crippen molar-refractivity contribution < 1.29 is 9.53 Å². The van der Waals surface area contributed by atoms with Gasteiger partial charge in [-0.2, -0.15) is 0 Å². The molecule has 0 spiro atoms. The zero-order valence-corrected chi connectivity index (χ0v) is 11.2. The minimum absolute atomic E-state index is 0.262. The van der Waals surface area contributed by atoms with Crippen LogP contribution in [-0.2, 0) is 24.4 Å². The number of nitrogens with zero attached hydrogens (tertiary/aromatic N) is 1. The molecule has 1 aromatic carbocycles. The number of carbonyl (C=O) groups excluding carboxylic acids is 1. The Morgan fingerprint density at radius 2 is 2.11 bits per heavy atom. The van der Waals surface area contributed by atoms with E-state index in [1.807, 2.05) is 39.0 Å². The minimum Gasteiger partial charge on any atom is -0.444 e. The topological polar surface area (TPSA) is 55.6 Å². The normalized spacial score (nSPS) is 14.6. The SMILES string of the molecule is CC(C)(C)OC(=O)N1Cc2cccc(CN)c2C1. The Balaban J connectivity index is 2.13. The molecule has 2 N–H and O–H groups in total. The molecule has 0 atom stereocenters. The first kappa shape index (κ1) is 12.9. The Morgan fingerprint density at radius 3 is 2.72 bits per heavy atom. The Hall–Kier alpha value is -1.55. The lowest BCUT2D eigenvalue weighted by atomic mass is 10.0. The smallest absolute Gasteiger partial charge is 0.410 e. The Bertz CT molecular complexity index is 463. The van der Waals surface area contributed by atoms with Crippen LogP contribution in [-0.4, -0.2) is 16.6 Å². The van der Waals surface area contributed by atoms with Gasteiger partial charge in [0.05, 0.1) is 6.54 Å². The largest absolute Gasteiger partial charge is 0.444 e. The van der Waals surface area contributed by atoms with E-state index in [4.69, 9.17) is 10.5 Å². The molecule has 0 bridgehead atoms. The summed E-state index contributed by atoms with van der Waals surface area (Å²) < 4.78 is 5.38.